The number of hydrogen-bond acceptors (Lipinski definition) is 6. The quantitative estimate of drug-likeness (QED) is 0.668. The van der Waals surface area contributed by atoms with Crippen LogP contribution in [0.1, 0.15) is 5.82 Å². The third-order valence-corrected chi connectivity index (χ3v) is 2.95. The minimum atomic E-state index is 0.234. The monoisotopic (exact) mass is 255 g/mol. The molecule has 0 amide bonds. The van der Waals surface area contributed by atoms with E-state index in [1.807, 2.05) is 24.3 Å². The van der Waals surface area contributed by atoms with E-state index in [0.717, 1.165) is 22.0 Å². The van der Waals surface area contributed by atoms with Gasteiger partial charge in [0.05, 0.1) is 24.6 Å². The Morgan fingerprint density at radius 1 is 1.16 bits per heavy atom. The highest BCUT2D eigenvalue weighted by Crippen LogP contribution is 2.24. The summed E-state index contributed by atoms with van der Waals surface area (Å²) in [6.07, 6.45) is 0. The summed E-state index contributed by atoms with van der Waals surface area (Å²) < 4.78 is 5.19. The van der Waals surface area contributed by atoms with Crippen molar-refractivity contribution < 1.29 is 4.74 Å². The lowest BCUT2D eigenvalue weighted by atomic mass is 10.1. The molecule has 0 aliphatic carbocycles. The summed E-state index contributed by atoms with van der Waals surface area (Å²) in [7, 11) is 1.62. The van der Waals surface area contributed by atoms with Gasteiger partial charge in [0.2, 0.25) is 0 Å². The zero-order valence-corrected chi connectivity index (χ0v) is 10.4. The Kier molecular flexibility index (Phi) is 2.64. The molecule has 3 rings (SSSR count). The number of ether oxygens (including phenoxy) is 1. The predicted octanol–water partition coefficient (Wildman–Crippen LogP) is 1.23. The molecule has 0 atom stereocenters. The Bertz CT molecular complexity index is 772. The minimum absolute atomic E-state index is 0.234. The molecule has 0 radical (unpaired) electrons. The van der Waals surface area contributed by atoms with Gasteiger partial charge < -0.3 is 16.2 Å². The van der Waals surface area contributed by atoms with Crippen LogP contribution in [0.15, 0.2) is 24.3 Å². The van der Waals surface area contributed by atoms with Crippen molar-refractivity contribution in [3.05, 3.63) is 30.1 Å². The number of aromatic nitrogens is 3. The molecule has 0 unspecified atom stereocenters. The van der Waals surface area contributed by atoms with E-state index in [1.54, 1.807) is 7.11 Å². The zero-order chi connectivity index (χ0) is 13.4. The fourth-order valence-corrected chi connectivity index (χ4v) is 1.98. The summed E-state index contributed by atoms with van der Waals surface area (Å²) >= 11 is 0. The molecular weight excluding hydrogens is 242 g/mol. The van der Waals surface area contributed by atoms with E-state index < -0.39 is 0 Å². The number of hydrogen-bond donors (Lipinski definition) is 2. The summed E-state index contributed by atoms with van der Waals surface area (Å²) in [5, 5.41) is 1.69. The van der Waals surface area contributed by atoms with E-state index in [0.29, 0.717) is 17.3 Å². The van der Waals surface area contributed by atoms with Crippen LogP contribution in [0.5, 0.6) is 5.75 Å². The van der Waals surface area contributed by atoms with Gasteiger partial charge in [-0.3, -0.25) is 0 Å². The summed E-state index contributed by atoms with van der Waals surface area (Å²) in [4.78, 5) is 12.9. The van der Waals surface area contributed by atoms with Crippen LogP contribution >= 0.6 is 0 Å². The smallest absolute Gasteiger partial charge is 0.165 e. The Labute approximate surface area is 109 Å². The second-order valence-electron chi connectivity index (χ2n) is 4.15. The third-order valence-electron chi connectivity index (χ3n) is 2.95. The number of anilines is 1. The second-order valence-corrected chi connectivity index (χ2v) is 4.15. The summed E-state index contributed by atoms with van der Waals surface area (Å²) in [5.74, 6) is 1.64. The first-order valence-electron chi connectivity index (χ1n) is 5.82. The van der Waals surface area contributed by atoms with Gasteiger partial charge in [0, 0.05) is 11.5 Å². The maximum absolute atomic E-state index is 5.91. The lowest BCUT2D eigenvalue weighted by Crippen LogP contribution is -2.06. The van der Waals surface area contributed by atoms with E-state index >= 15 is 0 Å². The molecule has 0 fully saturated rings. The van der Waals surface area contributed by atoms with Crippen LogP contribution in [-0.2, 0) is 6.54 Å². The molecule has 1 aromatic carbocycles. The van der Waals surface area contributed by atoms with E-state index in [9.17, 15) is 0 Å². The highest BCUT2D eigenvalue weighted by molar-refractivity contribution is 5.96. The summed E-state index contributed by atoms with van der Waals surface area (Å²) in [5.41, 5.74) is 12.8. The molecule has 2 heterocycles. The summed E-state index contributed by atoms with van der Waals surface area (Å²) in [6.45, 7) is 0.234. The maximum atomic E-state index is 5.91. The Morgan fingerprint density at radius 2 is 2.00 bits per heavy atom. The van der Waals surface area contributed by atoms with Gasteiger partial charge in [0.1, 0.15) is 17.4 Å². The number of rotatable bonds is 2. The molecule has 4 N–H and O–H groups in total. The lowest BCUT2D eigenvalue weighted by molar-refractivity contribution is 0.415. The standard InChI is InChI=1S/C13H13N5O/c1-19-8-3-2-7-4-9-12(15)17-11(6-14)18-13(9)16-10(7)5-8/h2-5H,6,14H2,1H3,(H2,15,16,17,18). The number of nitrogen functional groups attached to an aromatic ring is 1. The Balaban J connectivity index is 2.34. The van der Waals surface area contributed by atoms with Crippen LogP contribution in [0.3, 0.4) is 0 Å². The molecule has 3 aromatic rings. The van der Waals surface area contributed by atoms with Crippen molar-refractivity contribution >= 4 is 27.8 Å². The van der Waals surface area contributed by atoms with Crippen LogP contribution in [-0.4, -0.2) is 22.1 Å². The molecular formula is C13H13N5O. The van der Waals surface area contributed by atoms with Gasteiger partial charge in [-0.25, -0.2) is 15.0 Å². The SMILES string of the molecule is COc1ccc2cc3c(N)nc(CN)nc3nc2c1. The summed E-state index contributed by atoms with van der Waals surface area (Å²) in [6, 6.07) is 7.58. The largest absolute Gasteiger partial charge is 0.497 e. The highest BCUT2D eigenvalue weighted by Gasteiger charge is 2.08. The number of methoxy groups -OCH3 is 1. The van der Waals surface area contributed by atoms with Crippen LogP contribution in [0.2, 0.25) is 0 Å². The van der Waals surface area contributed by atoms with Crippen molar-refractivity contribution in [3.63, 3.8) is 0 Å². The van der Waals surface area contributed by atoms with Crippen LogP contribution in [0.25, 0.3) is 21.9 Å². The lowest BCUT2D eigenvalue weighted by Gasteiger charge is -2.06. The predicted molar refractivity (Wildman–Crippen MR) is 73.7 cm³/mol. The van der Waals surface area contributed by atoms with E-state index in [1.165, 1.54) is 0 Å². The number of nitrogens with two attached hydrogens (primary N) is 2. The van der Waals surface area contributed by atoms with Crippen molar-refractivity contribution in [1.29, 1.82) is 0 Å². The molecule has 6 heteroatoms. The molecule has 0 aliphatic rings. The average Bonchev–Trinajstić information content (AvgIpc) is 2.44. The van der Waals surface area contributed by atoms with Gasteiger partial charge in [-0.1, -0.05) is 0 Å². The molecule has 0 saturated heterocycles. The number of pyridine rings is 1. The maximum Gasteiger partial charge on any atom is 0.165 e. The van der Waals surface area contributed by atoms with Gasteiger partial charge in [-0.2, -0.15) is 0 Å². The number of nitrogens with zero attached hydrogens (tertiary/aromatic N) is 3. The Morgan fingerprint density at radius 3 is 2.74 bits per heavy atom. The average molecular weight is 255 g/mol. The molecule has 0 saturated carbocycles. The first-order valence-corrected chi connectivity index (χ1v) is 5.82. The van der Waals surface area contributed by atoms with Gasteiger partial charge >= 0.3 is 0 Å². The van der Waals surface area contributed by atoms with Crippen LogP contribution in [0.4, 0.5) is 5.82 Å². The highest BCUT2D eigenvalue weighted by atomic mass is 16.5. The number of fused-ring (bicyclic) bond motifs is 2. The van der Waals surface area contributed by atoms with Crippen molar-refractivity contribution in [2.75, 3.05) is 12.8 Å². The van der Waals surface area contributed by atoms with Crippen molar-refractivity contribution in [3.8, 4) is 5.75 Å². The fourth-order valence-electron chi connectivity index (χ4n) is 1.98. The van der Waals surface area contributed by atoms with Gasteiger partial charge in [0.15, 0.2) is 5.65 Å². The normalized spacial score (nSPS) is 11.1. The molecule has 96 valence electrons. The van der Waals surface area contributed by atoms with Crippen LogP contribution < -0.4 is 16.2 Å². The number of benzene rings is 1. The fraction of sp³-hybridized carbons (Fsp3) is 0.154. The van der Waals surface area contributed by atoms with E-state index in [4.69, 9.17) is 16.2 Å². The molecule has 0 aliphatic heterocycles. The first kappa shape index (κ1) is 11.6. The van der Waals surface area contributed by atoms with Gasteiger partial charge in [-0.15, -0.1) is 0 Å². The molecule has 0 spiro atoms. The minimum Gasteiger partial charge on any atom is -0.497 e. The molecule has 0 bridgehead atoms. The molecule has 6 nitrogen and oxygen atoms in total. The van der Waals surface area contributed by atoms with Crippen molar-refractivity contribution in [2.45, 2.75) is 6.54 Å². The van der Waals surface area contributed by atoms with Gasteiger partial charge in [0.25, 0.3) is 0 Å². The van der Waals surface area contributed by atoms with E-state index in [-0.39, 0.29) is 6.54 Å². The molecule has 19 heavy (non-hydrogen) atoms. The third kappa shape index (κ3) is 1.92. The zero-order valence-electron chi connectivity index (χ0n) is 10.4. The second kappa shape index (κ2) is 4.33. The molecule has 2 aromatic heterocycles. The van der Waals surface area contributed by atoms with Crippen molar-refractivity contribution in [1.82, 2.24) is 15.0 Å². The van der Waals surface area contributed by atoms with Crippen LogP contribution in [0, 0.1) is 0 Å². The first-order chi connectivity index (χ1) is 9.21. The van der Waals surface area contributed by atoms with E-state index in [2.05, 4.69) is 15.0 Å². The topological polar surface area (TPSA) is 99.9 Å². The van der Waals surface area contributed by atoms with Gasteiger partial charge in [-0.05, 0) is 18.2 Å². The Hall–Kier alpha value is -2.47. The van der Waals surface area contributed by atoms with Crippen molar-refractivity contribution in [2.24, 2.45) is 5.73 Å².